The first kappa shape index (κ1) is 24.4. The van der Waals surface area contributed by atoms with E-state index in [-0.39, 0.29) is 24.3 Å². The van der Waals surface area contributed by atoms with Gasteiger partial charge in [-0.15, -0.1) is 0 Å². The van der Waals surface area contributed by atoms with Crippen molar-refractivity contribution in [2.45, 2.75) is 30.8 Å². The lowest BCUT2D eigenvalue weighted by molar-refractivity contribution is -0.141. The fraction of sp³-hybridized carbons (Fsp3) is 0.233. The predicted molar refractivity (Wildman–Crippen MR) is 143 cm³/mol. The van der Waals surface area contributed by atoms with Gasteiger partial charge in [0, 0.05) is 23.8 Å². The van der Waals surface area contributed by atoms with Crippen molar-refractivity contribution in [1.29, 1.82) is 0 Å². The Morgan fingerprint density at radius 3 is 2.24 bits per heavy atom. The van der Waals surface area contributed by atoms with Gasteiger partial charge in [-0.3, -0.25) is 14.4 Å². The highest BCUT2D eigenvalue weighted by atomic mass is 35.5. The van der Waals surface area contributed by atoms with Crippen LogP contribution < -0.4 is 10.6 Å². The number of hydrogen-bond acceptors (Lipinski definition) is 4. The summed E-state index contributed by atoms with van der Waals surface area (Å²) in [6, 6.07) is 24.9. The van der Waals surface area contributed by atoms with Crippen LogP contribution in [-0.4, -0.2) is 40.4 Å². The van der Waals surface area contributed by atoms with Crippen molar-refractivity contribution >= 4 is 35.0 Å². The summed E-state index contributed by atoms with van der Waals surface area (Å²) in [6.07, 6.45) is 3.04. The first-order valence-corrected chi connectivity index (χ1v) is 12.9. The second-order valence-corrected chi connectivity index (χ2v) is 10.3. The zero-order chi connectivity index (χ0) is 26.3. The van der Waals surface area contributed by atoms with Gasteiger partial charge in [-0.25, -0.2) is 0 Å². The molecule has 3 aromatic rings. The maximum atomic E-state index is 14.0. The van der Waals surface area contributed by atoms with Crippen molar-refractivity contribution in [3.63, 3.8) is 0 Å². The Labute approximate surface area is 225 Å². The lowest BCUT2D eigenvalue weighted by Gasteiger charge is -2.32. The maximum Gasteiger partial charge on any atom is 0.250 e. The van der Waals surface area contributed by atoms with Gasteiger partial charge in [0.15, 0.2) is 0 Å². The number of carbonyl (C=O) groups excluding carboxylic acids is 3. The Morgan fingerprint density at radius 1 is 0.895 bits per heavy atom. The lowest BCUT2D eigenvalue weighted by atomic mass is 9.74. The molecule has 2 fully saturated rings. The molecule has 0 radical (unpaired) electrons. The first-order valence-electron chi connectivity index (χ1n) is 12.6. The van der Waals surface area contributed by atoms with E-state index in [1.54, 1.807) is 35.2 Å². The number of fused-ring (bicyclic) bond motifs is 1. The minimum atomic E-state index is -1.23. The largest absolute Gasteiger partial charge is 0.359 e. The molecule has 3 amide bonds. The number of hydrogen-bond donors (Lipinski definition) is 2. The third kappa shape index (κ3) is 4.18. The van der Waals surface area contributed by atoms with Crippen LogP contribution in [0.2, 0.25) is 5.02 Å². The van der Waals surface area contributed by atoms with Crippen LogP contribution in [0.1, 0.15) is 11.1 Å². The molecule has 1 spiro atoms. The molecule has 2 N–H and O–H groups in total. The van der Waals surface area contributed by atoms with Crippen molar-refractivity contribution in [2.75, 3.05) is 5.32 Å². The number of nitrogens with one attached hydrogen (secondary N) is 2. The molecule has 7 nitrogen and oxygen atoms in total. The van der Waals surface area contributed by atoms with Crippen LogP contribution in [0.3, 0.4) is 0 Å². The molecule has 5 atom stereocenters. The summed E-state index contributed by atoms with van der Waals surface area (Å²) < 4.78 is 6.38. The topological polar surface area (TPSA) is 87.7 Å². The molecule has 192 valence electrons. The quantitative estimate of drug-likeness (QED) is 0.456. The second kappa shape index (κ2) is 9.74. The van der Waals surface area contributed by atoms with Gasteiger partial charge in [-0.1, -0.05) is 84.4 Å². The number of nitrogens with zero attached hydrogens (tertiary/aromatic N) is 1. The average Bonchev–Trinajstić information content (AvgIpc) is 3.57. The third-order valence-corrected chi connectivity index (χ3v) is 7.79. The van der Waals surface area contributed by atoms with Crippen LogP contribution in [0.4, 0.5) is 5.69 Å². The van der Waals surface area contributed by atoms with E-state index in [2.05, 4.69) is 10.6 Å². The molecule has 0 aliphatic carbocycles. The van der Waals surface area contributed by atoms with Crippen LogP contribution in [0, 0.1) is 11.8 Å². The number of halogens is 1. The number of carbonyl (C=O) groups is 3. The number of benzene rings is 3. The Morgan fingerprint density at radius 2 is 1.55 bits per heavy atom. The monoisotopic (exact) mass is 527 g/mol. The highest BCUT2D eigenvalue weighted by Gasteiger charge is 2.72. The zero-order valence-electron chi connectivity index (χ0n) is 20.4. The molecule has 2 bridgehead atoms. The minimum Gasteiger partial charge on any atom is -0.359 e. The molecule has 3 heterocycles. The van der Waals surface area contributed by atoms with Gasteiger partial charge >= 0.3 is 0 Å². The van der Waals surface area contributed by atoms with E-state index in [0.29, 0.717) is 17.3 Å². The molecule has 3 aliphatic heterocycles. The van der Waals surface area contributed by atoms with E-state index in [9.17, 15) is 14.4 Å². The van der Waals surface area contributed by atoms with Crippen molar-refractivity contribution in [3.8, 4) is 0 Å². The standard InChI is InChI=1S/C30H26ClN3O4/c31-21-11-13-22(14-12-21)33-28(36)26-30-16-15-23(38-30)24(27(35)32-17-19-7-3-1-4-8-19)25(30)29(37)34(26)18-20-9-5-2-6-10-20/h1-16,23-26H,17-18H2,(H,32,35)(H,33,36)/t23-,24+,25+,26-,30+/m0/s1. The molecule has 0 saturated carbocycles. The molecule has 3 aromatic carbocycles. The van der Waals surface area contributed by atoms with Gasteiger partial charge in [0.05, 0.1) is 17.9 Å². The van der Waals surface area contributed by atoms with Crippen LogP contribution in [0.5, 0.6) is 0 Å². The average molecular weight is 528 g/mol. The van der Waals surface area contributed by atoms with Gasteiger partial charge in [0.2, 0.25) is 11.8 Å². The van der Waals surface area contributed by atoms with Gasteiger partial charge in [0.1, 0.15) is 11.6 Å². The summed E-state index contributed by atoms with van der Waals surface area (Å²) in [4.78, 5) is 42.8. The van der Waals surface area contributed by atoms with Crippen LogP contribution in [0.15, 0.2) is 97.1 Å². The van der Waals surface area contributed by atoms with E-state index in [1.165, 1.54) is 0 Å². The summed E-state index contributed by atoms with van der Waals surface area (Å²) in [6.45, 7) is 0.561. The smallest absolute Gasteiger partial charge is 0.250 e. The molecule has 8 heteroatoms. The maximum absolute atomic E-state index is 14.0. The van der Waals surface area contributed by atoms with Crippen LogP contribution in [0.25, 0.3) is 0 Å². The molecule has 3 aliphatic rings. The van der Waals surface area contributed by atoms with E-state index in [4.69, 9.17) is 16.3 Å². The Hall–Kier alpha value is -3.94. The highest BCUT2D eigenvalue weighted by molar-refractivity contribution is 6.30. The number of rotatable bonds is 7. The fourth-order valence-corrected chi connectivity index (χ4v) is 5.99. The van der Waals surface area contributed by atoms with Crippen molar-refractivity contribution in [2.24, 2.45) is 11.8 Å². The second-order valence-electron chi connectivity index (χ2n) is 9.85. The Bertz CT molecular complexity index is 1400. The number of anilines is 1. The van der Waals surface area contributed by atoms with Crippen molar-refractivity contribution in [3.05, 3.63) is 113 Å². The van der Waals surface area contributed by atoms with E-state index in [1.807, 2.05) is 66.7 Å². The molecule has 0 unspecified atom stereocenters. The highest BCUT2D eigenvalue weighted by Crippen LogP contribution is 2.55. The van der Waals surface area contributed by atoms with Gasteiger partial charge < -0.3 is 20.3 Å². The summed E-state index contributed by atoms with van der Waals surface area (Å²) in [5, 5.41) is 6.44. The summed E-state index contributed by atoms with van der Waals surface area (Å²) in [5.41, 5.74) is 1.16. The molecular formula is C30H26ClN3O4. The van der Waals surface area contributed by atoms with Gasteiger partial charge in [-0.2, -0.15) is 0 Å². The Balaban J connectivity index is 1.31. The van der Waals surface area contributed by atoms with E-state index < -0.39 is 29.6 Å². The number of amides is 3. The van der Waals surface area contributed by atoms with Crippen LogP contribution >= 0.6 is 11.6 Å². The summed E-state index contributed by atoms with van der Waals surface area (Å²) in [5.74, 6) is -2.45. The SMILES string of the molecule is O=C(NCc1ccccc1)[C@@H]1[C@@H]2C=C[C@]3(O2)[C@H](C(=O)Nc2ccc(Cl)cc2)N(Cc2ccccc2)C(=O)[C@@H]13. The predicted octanol–water partition coefficient (Wildman–Crippen LogP) is 3.95. The molecule has 6 rings (SSSR count). The van der Waals surface area contributed by atoms with Gasteiger partial charge in [-0.05, 0) is 35.4 Å². The fourth-order valence-electron chi connectivity index (χ4n) is 5.86. The zero-order valence-corrected chi connectivity index (χ0v) is 21.2. The summed E-state index contributed by atoms with van der Waals surface area (Å²) >= 11 is 6.01. The molecule has 38 heavy (non-hydrogen) atoms. The van der Waals surface area contributed by atoms with Crippen LogP contribution in [-0.2, 0) is 32.2 Å². The summed E-state index contributed by atoms with van der Waals surface area (Å²) in [7, 11) is 0. The van der Waals surface area contributed by atoms with Crippen molar-refractivity contribution in [1.82, 2.24) is 10.2 Å². The number of likely N-dealkylation sites (tertiary alicyclic amines) is 1. The van der Waals surface area contributed by atoms with Crippen molar-refractivity contribution < 1.29 is 19.1 Å². The Kier molecular flexibility index (Phi) is 6.26. The lowest BCUT2D eigenvalue weighted by Crippen LogP contribution is -2.52. The third-order valence-electron chi connectivity index (χ3n) is 7.54. The minimum absolute atomic E-state index is 0.219. The molecule has 0 aromatic heterocycles. The van der Waals surface area contributed by atoms with Gasteiger partial charge in [0.25, 0.3) is 5.91 Å². The van der Waals surface area contributed by atoms with E-state index in [0.717, 1.165) is 11.1 Å². The number of ether oxygens (including phenoxy) is 1. The first-order chi connectivity index (χ1) is 18.5. The normalized spacial score (nSPS) is 26.9. The molecule has 2 saturated heterocycles. The van der Waals surface area contributed by atoms with E-state index >= 15 is 0 Å². The molecular weight excluding hydrogens is 502 g/mol.